The van der Waals surface area contributed by atoms with Crippen molar-refractivity contribution in [3.8, 4) is 6.07 Å². The van der Waals surface area contributed by atoms with E-state index in [0.717, 1.165) is 15.8 Å². The average molecular weight is 379 g/mol. The molecule has 0 atom stereocenters. The third kappa shape index (κ3) is 4.13. The molecule has 0 radical (unpaired) electrons. The highest BCUT2D eigenvalue weighted by molar-refractivity contribution is 7.16. The first-order valence-electron chi connectivity index (χ1n) is 8.28. The zero-order valence-corrected chi connectivity index (χ0v) is 15.7. The molecule has 0 spiro atoms. The molecule has 0 saturated heterocycles. The lowest BCUT2D eigenvalue weighted by Gasteiger charge is -2.04. The number of methoxy groups -OCH3 is 1. The fraction of sp³-hybridized carbons (Fsp3) is 0.200. The van der Waals surface area contributed by atoms with Crippen LogP contribution in [-0.4, -0.2) is 23.6 Å². The summed E-state index contributed by atoms with van der Waals surface area (Å²) < 4.78 is 7.57. The van der Waals surface area contributed by atoms with E-state index in [9.17, 15) is 9.59 Å². The van der Waals surface area contributed by atoms with Crippen LogP contribution in [0.25, 0.3) is 10.2 Å². The molecule has 0 aliphatic carbocycles. The zero-order valence-electron chi connectivity index (χ0n) is 14.9. The summed E-state index contributed by atoms with van der Waals surface area (Å²) >= 11 is 1.40. The molecule has 1 aromatic heterocycles. The summed E-state index contributed by atoms with van der Waals surface area (Å²) in [6.07, 6.45) is 0.189. The number of aryl methyl sites for hydroxylation is 2. The SMILES string of the molecule is COC(=O)CCn1c(=NC(=O)c2ccc(C#N)cc2)sc2cc(C)ccc21. The molecule has 0 fully saturated rings. The Balaban J connectivity index is 2.05. The summed E-state index contributed by atoms with van der Waals surface area (Å²) in [4.78, 5) is 28.9. The van der Waals surface area contributed by atoms with Crippen LogP contribution in [0.15, 0.2) is 47.5 Å². The summed E-state index contributed by atoms with van der Waals surface area (Å²) in [5.41, 5.74) is 2.91. The number of benzene rings is 2. The van der Waals surface area contributed by atoms with Crippen molar-refractivity contribution in [3.05, 3.63) is 64.0 Å². The van der Waals surface area contributed by atoms with Gasteiger partial charge in [0.1, 0.15) is 0 Å². The number of esters is 1. The molecule has 27 heavy (non-hydrogen) atoms. The van der Waals surface area contributed by atoms with Gasteiger partial charge in [-0.3, -0.25) is 9.59 Å². The number of hydrogen-bond acceptors (Lipinski definition) is 5. The van der Waals surface area contributed by atoms with Crippen LogP contribution in [0.3, 0.4) is 0 Å². The molecular formula is C20H17N3O3S. The number of carbonyl (C=O) groups excluding carboxylic acids is 2. The van der Waals surface area contributed by atoms with E-state index in [-0.39, 0.29) is 12.4 Å². The third-order valence-corrected chi connectivity index (χ3v) is 5.10. The van der Waals surface area contributed by atoms with Crippen LogP contribution in [-0.2, 0) is 16.1 Å². The molecule has 136 valence electrons. The first kappa shape index (κ1) is 18.5. The second kappa shape index (κ2) is 7.98. The average Bonchev–Trinajstić information content (AvgIpc) is 3.01. The predicted octanol–water partition coefficient (Wildman–Crippen LogP) is 3.19. The monoisotopic (exact) mass is 379 g/mol. The van der Waals surface area contributed by atoms with Gasteiger partial charge in [0.2, 0.25) is 0 Å². The first-order chi connectivity index (χ1) is 13.0. The number of ether oxygens (including phenoxy) is 1. The van der Waals surface area contributed by atoms with Gasteiger partial charge in [0.25, 0.3) is 5.91 Å². The van der Waals surface area contributed by atoms with Crippen LogP contribution in [0.2, 0.25) is 0 Å². The fourth-order valence-corrected chi connectivity index (χ4v) is 3.78. The van der Waals surface area contributed by atoms with Crippen molar-refractivity contribution in [2.24, 2.45) is 4.99 Å². The van der Waals surface area contributed by atoms with Gasteiger partial charge in [0, 0.05) is 12.1 Å². The molecule has 2 aromatic carbocycles. The Hall–Kier alpha value is -3.24. The normalized spacial score (nSPS) is 11.4. The highest BCUT2D eigenvalue weighted by atomic mass is 32.1. The summed E-state index contributed by atoms with van der Waals surface area (Å²) in [6, 6.07) is 14.3. The minimum absolute atomic E-state index is 0.189. The highest BCUT2D eigenvalue weighted by Gasteiger charge is 2.11. The molecule has 0 aliphatic rings. The number of thiazole rings is 1. The van der Waals surface area contributed by atoms with Gasteiger partial charge in [0.05, 0.1) is 35.4 Å². The first-order valence-corrected chi connectivity index (χ1v) is 9.09. The van der Waals surface area contributed by atoms with E-state index in [2.05, 4.69) is 4.99 Å². The van der Waals surface area contributed by atoms with Crippen molar-refractivity contribution < 1.29 is 14.3 Å². The maximum absolute atomic E-state index is 12.6. The van der Waals surface area contributed by atoms with Crippen LogP contribution < -0.4 is 4.80 Å². The lowest BCUT2D eigenvalue weighted by atomic mass is 10.1. The van der Waals surface area contributed by atoms with Crippen molar-refractivity contribution >= 4 is 33.4 Å². The Kier molecular flexibility index (Phi) is 5.48. The predicted molar refractivity (Wildman–Crippen MR) is 102 cm³/mol. The van der Waals surface area contributed by atoms with E-state index >= 15 is 0 Å². The number of nitriles is 1. The van der Waals surface area contributed by atoms with E-state index in [4.69, 9.17) is 10.00 Å². The highest BCUT2D eigenvalue weighted by Crippen LogP contribution is 2.19. The van der Waals surface area contributed by atoms with Gasteiger partial charge in [0.15, 0.2) is 4.80 Å². The summed E-state index contributed by atoms with van der Waals surface area (Å²) in [5, 5.41) is 8.87. The van der Waals surface area contributed by atoms with Crippen molar-refractivity contribution in [2.45, 2.75) is 19.9 Å². The number of rotatable bonds is 4. The fourth-order valence-electron chi connectivity index (χ4n) is 2.63. The minimum atomic E-state index is -0.394. The Morgan fingerprint density at radius 3 is 2.63 bits per heavy atom. The topological polar surface area (TPSA) is 84.5 Å². The van der Waals surface area contributed by atoms with Crippen molar-refractivity contribution in [3.63, 3.8) is 0 Å². The molecule has 0 saturated carbocycles. The molecule has 3 rings (SSSR count). The summed E-state index contributed by atoms with van der Waals surface area (Å²) in [6.45, 7) is 2.37. The molecule has 1 heterocycles. The Labute approximate surface area is 160 Å². The number of fused-ring (bicyclic) bond motifs is 1. The van der Waals surface area contributed by atoms with Gasteiger partial charge in [-0.05, 0) is 48.9 Å². The number of nitrogens with zero attached hydrogens (tertiary/aromatic N) is 3. The van der Waals surface area contributed by atoms with E-state index < -0.39 is 5.91 Å². The molecule has 3 aromatic rings. The Morgan fingerprint density at radius 2 is 1.96 bits per heavy atom. The Bertz CT molecular complexity index is 1120. The van der Waals surface area contributed by atoms with E-state index in [1.54, 1.807) is 24.3 Å². The molecule has 0 aliphatic heterocycles. The smallest absolute Gasteiger partial charge is 0.307 e. The van der Waals surface area contributed by atoms with Crippen molar-refractivity contribution in [2.75, 3.05) is 7.11 Å². The van der Waals surface area contributed by atoms with Crippen LogP contribution in [0.1, 0.15) is 27.9 Å². The number of carbonyl (C=O) groups is 2. The molecule has 0 N–H and O–H groups in total. The van der Waals surface area contributed by atoms with Crippen molar-refractivity contribution in [1.82, 2.24) is 4.57 Å². The van der Waals surface area contributed by atoms with Gasteiger partial charge < -0.3 is 9.30 Å². The van der Waals surface area contributed by atoms with Crippen molar-refractivity contribution in [1.29, 1.82) is 5.26 Å². The maximum atomic E-state index is 12.6. The molecule has 7 heteroatoms. The molecule has 1 amide bonds. The standard InChI is InChI=1S/C20H17N3O3S/c1-13-3-8-16-17(11-13)27-20(23(16)10-9-18(24)26-2)22-19(25)15-6-4-14(12-21)5-7-15/h3-8,11H,9-10H2,1-2H3. The van der Waals surface area contributed by atoms with Gasteiger partial charge in [-0.2, -0.15) is 10.3 Å². The molecular weight excluding hydrogens is 362 g/mol. The minimum Gasteiger partial charge on any atom is -0.469 e. The zero-order chi connectivity index (χ0) is 19.4. The molecule has 6 nitrogen and oxygen atoms in total. The summed E-state index contributed by atoms with van der Waals surface area (Å²) in [7, 11) is 1.35. The third-order valence-electron chi connectivity index (χ3n) is 4.06. The number of aromatic nitrogens is 1. The van der Waals surface area contributed by atoms with Gasteiger partial charge in [-0.15, -0.1) is 0 Å². The van der Waals surface area contributed by atoms with E-state index in [0.29, 0.717) is 22.5 Å². The largest absolute Gasteiger partial charge is 0.469 e. The number of amides is 1. The quantitative estimate of drug-likeness (QED) is 0.652. The second-order valence-electron chi connectivity index (χ2n) is 5.94. The summed E-state index contributed by atoms with van der Waals surface area (Å²) in [5.74, 6) is -0.715. The van der Waals surface area contributed by atoms with Gasteiger partial charge >= 0.3 is 5.97 Å². The molecule has 0 bridgehead atoms. The van der Waals surface area contributed by atoms with E-state index in [1.807, 2.05) is 35.8 Å². The maximum Gasteiger partial charge on any atom is 0.307 e. The van der Waals surface area contributed by atoms with Gasteiger partial charge in [-0.1, -0.05) is 17.4 Å². The van der Waals surface area contributed by atoms with Crippen LogP contribution in [0.5, 0.6) is 0 Å². The van der Waals surface area contributed by atoms with Crippen LogP contribution in [0, 0.1) is 18.3 Å². The second-order valence-corrected chi connectivity index (χ2v) is 6.95. The van der Waals surface area contributed by atoms with Gasteiger partial charge in [-0.25, -0.2) is 0 Å². The molecule has 0 unspecified atom stereocenters. The number of hydrogen-bond donors (Lipinski definition) is 0. The lowest BCUT2D eigenvalue weighted by molar-refractivity contribution is -0.140. The lowest BCUT2D eigenvalue weighted by Crippen LogP contribution is -2.19. The Morgan fingerprint density at radius 1 is 1.22 bits per heavy atom. The van der Waals surface area contributed by atoms with Crippen LogP contribution >= 0.6 is 11.3 Å². The van der Waals surface area contributed by atoms with E-state index in [1.165, 1.54) is 18.4 Å². The van der Waals surface area contributed by atoms with Crippen LogP contribution in [0.4, 0.5) is 0 Å².